The van der Waals surface area contributed by atoms with Gasteiger partial charge in [0.1, 0.15) is 12.4 Å². The third kappa shape index (κ3) is 5.95. The maximum Gasteiger partial charge on any atom is 0.264 e. The zero-order valence-corrected chi connectivity index (χ0v) is 10.4. The second-order valence-electron chi connectivity index (χ2n) is 3.21. The van der Waals surface area contributed by atoms with Crippen LogP contribution in [0.4, 0.5) is 0 Å². The summed E-state index contributed by atoms with van der Waals surface area (Å²) in [5.74, 6) is 0.688. The Kier molecular flexibility index (Phi) is 5.05. The minimum absolute atomic E-state index is 0.0901. The molecular formula is C10H13ClO4S. The highest BCUT2D eigenvalue weighted by molar-refractivity contribution is 7.85. The van der Waals surface area contributed by atoms with E-state index in [2.05, 4.69) is 4.18 Å². The molecule has 90 valence electrons. The van der Waals surface area contributed by atoms with Crippen molar-refractivity contribution in [3.05, 3.63) is 30.3 Å². The summed E-state index contributed by atoms with van der Waals surface area (Å²) in [5.41, 5.74) is 0. The molecule has 0 saturated carbocycles. The van der Waals surface area contributed by atoms with E-state index in [0.717, 1.165) is 6.26 Å². The highest BCUT2D eigenvalue weighted by atomic mass is 35.5. The monoisotopic (exact) mass is 264 g/mol. The molecule has 0 aliphatic carbocycles. The standard InChI is InChI=1S/C10H13ClO4S/c1-16(12,13)15-8-9(11)7-14-10-5-3-2-4-6-10/h2-6,9H,7-8H2,1H3/t9-/m1/s1. The summed E-state index contributed by atoms with van der Waals surface area (Å²) in [6, 6.07) is 9.14. The first kappa shape index (κ1) is 13.3. The molecule has 0 aliphatic heterocycles. The van der Waals surface area contributed by atoms with Crippen LogP contribution in [-0.2, 0) is 14.3 Å². The summed E-state index contributed by atoms with van der Waals surface area (Å²) in [5, 5.41) is -0.505. The molecule has 0 aromatic heterocycles. The highest BCUT2D eigenvalue weighted by Crippen LogP contribution is 2.10. The van der Waals surface area contributed by atoms with E-state index in [9.17, 15) is 8.42 Å². The van der Waals surface area contributed by atoms with Crippen molar-refractivity contribution in [3.8, 4) is 5.75 Å². The Hall–Kier alpha value is -0.780. The van der Waals surface area contributed by atoms with Gasteiger partial charge in [0, 0.05) is 0 Å². The number of halogens is 1. The van der Waals surface area contributed by atoms with Crippen LogP contribution in [0.5, 0.6) is 5.75 Å². The van der Waals surface area contributed by atoms with Crippen LogP contribution >= 0.6 is 11.6 Å². The largest absolute Gasteiger partial charge is 0.492 e. The van der Waals surface area contributed by atoms with Crippen LogP contribution in [0.3, 0.4) is 0 Å². The van der Waals surface area contributed by atoms with Crippen molar-refractivity contribution in [2.45, 2.75) is 5.38 Å². The fourth-order valence-electron chi connectivity index (χ4n) is 0.949. The summed E-state index contributed by atoms with van der Waals surface area (Å²) in [7, 11) is -3.44. The third-order valence-corrected chi connectivity index (χ3v) is 2.45. The summed E-state index contributed by atoms with van der Waals surface area (Å²) in [4.78, 5) is 0. The fraction of sp³-hybridized carbons (Fsp3) is 0.400. The molecular weight excluding hydrogens is 252 g/mol. The van der Waals surface area contributed by atoms with Crippen LogP contribution in [0, 0.1) is 0 Å². The van der Waals surface area contributed by atoms with Gasteiger partial charge in [-0.3, -0.25) is 4.18 Å². The molecule has 0 unspecified atom stereocenters. The van der Waals surface area contributed by atoms with Crippen molar-refractivity contribution in [2.75, 3.05) is 19.5 Å². The number of hydrogen-bond acceptors (Lipinski definition) is 4. The van der Waals surface area contributed by atoms with E-state index in [4.69, 9.17) is 16.3 Å². The average Bonchev–Trinajstić information content (AvgIpc) is 2.24. The zero-order valence-electron chi connectivity index (χ0n) is 8.80. The molecule has 0 saturated heterocycles. The van der Waals surface area contributed by atoms with Gasteiger partial charge in [0.05, 0.1) is 18.2 Å². The van der Waals surface area contributed by atoms with E-state index in [-0.39, 0.29) is 13.2 Å². The normalized spacial score (nSPS) is 13.4. The second kappa shape index (κ2) is 6.08. The molecule has 0 heterocycles. The van der Waals surface area contributed by atoms with E-state index in [0.29, 0.717) is 5.75 Å². The van der Waals surface area contributed by atoms with Gasteiger partial charge in [-0.25, -0.2) is 0 Å². The first-order valence-corrected chi connectivity index (χ1v) is 6.89. The van der Waals surface area contributed by atoms with Gasteiger partial charge in [0.25, 0.3) is 10.1 Å². The summed E-state index contributed by atoms with van der Waals surface area (Å²) in [6.45, 7) is 0.105. The molecule has 4 nitrogen and oxygen atoms in total. The van der Waals surface area contributed by atoms with Gasteiger partial charge >= 0.3 is 0 Å². The minimum atomic E-state index is -3.44. The molecule has 0 N–H and O–H groups in total. The van der Waals surface area contributed by atoms with Crippen molar-refractivity contribution < 1.29 is 17.3 Å². The molecule has 1 aromatic rings. The molecule has 0 bridgehead atoms. The minimum Gasteiger partial charge on any atom is -0.492 e. The van der Waals surface area contributed by atoms with E-state index in [1.165, 1.54) is 0 Å². The molecule has 0 amide bonds. The lowest BCUT2D eigenvalue weighted by Gasteiger charge is -2.10. The first-order valence-electron chi connectivity index (χ1n) is 4.64. The topological polar surface area (TPSA) is 52.6 Å². The van der Waals surface area contributed by atoms with Gasteiger partial charge in [-0.1, -0.05) is 18.2 Å². The Morgan fingerprint density at radius 1 is 1.25 bits per heavy atom. The average molecular weight is 265 g/mol. The molecule has 0 radical (unpaired) electrons. The molecule has 0 aliphatic rings. The molecule has 16 heavy (non-hydrogen) atoms. The third-order valence-electron chi connectivity index (χ3n) is 1.64. The van der Waals surface area contributed by atoms with Crippen molar-refractivity contribution >= 4 is 21.7 Å². The molecule has 6 heteroatoms. The smallest absolute Gasteiger partial charge is 0.264 e. The molecule has 0 spiro atoms. The first-order chi connectivity index (χ1) is 7.47. The van der Waals surface area contributed by atoms with Crippen LogP contribution in [0.1, 0.15) is 0 Å². The number of para-hydroxylation sites is 1. The van der Waals surface area contributed by atoms with E-state index >= 15 is 0 Å². The lowest BCUT2D eigenvalue weighted by atomic mass is 10.3. The van der Waals surface area contributed by atoms with Crippen LogP contribution < -0.4 is 4.74 Å². The van der Waals surface area contributed by atoms with Gasteiger partial charge in [-0.2, -0.15) is 8.42 Å². The van der Waals surface area contributed by atoms with Crippen molar-refractivity contribution in [3.63, 3.8) is 0 Å². The molecule has 0 fully saturated rings. The Bertz CT molecular complexity index is 404. The fourth-order valence-corrected chi connectivity index (χ4v) is 1.56. The summed E-state index contributed by atoms with van der Waals surface area (Å²) >= 11 is 5.82. The van der Waals surface area contributed by atoms with Crippen molar-refractivity contribution in [1.29, 1.82) is 0 Å². The number of alkyl halides is 1. The maximum absolute atomic E-state index is 10.7. The zero-order chi connectivity index (χ0) is 12.0. The number of hydrogen-bond donors (Lipinski definition) is 0. The highest BCUT2D eigenvalue weighted by Gasteiger charge is 2.10. The Balaban J connectivity index is 2.28. The van der Waals surface area contributed by atoms with Crippen molar-refractivity contribution in [1.82, 2.24) is 0 Å². The quantitative estimate of drug-likeness (QED) is 0.579. The molecule has 1 rings (SSSR count). The SMILES string of the molecule is CS(=O)(=O)OC[C@H](Cl)COc1ccccc1. The van der Waals surface area contributed by atoms with Crippen LogP contribution in [0.25, 0.3) is 0 Å². The lowest BCUT2D eigenvalue weighted by molar-refractivity contribution is 0.256. The summed E-state index contributed by atoms with van der Waals surface area (Å²) in [6.07, 6.45) is 0.981. The number of rotatable bonds is 6. The number of ether oxygens (including phenoxy) is 1. The van der Waals surface area contributed by atoms with Crippen LogP contribution in [-0.4, -0.2) is 33.3 Å². The van der Waals surface area contributed by atoms with Gasteiger partial charge in [0.2, 0.25) is 0 Å². The Morgan fingerprint density at radius 3 is 2.44 bits per heavy atom. The van der Waals surface area contributed by atoms with E-state index < -0.39 is 15.5 Å². The van der Waals surface area contributed by atoms with Crippen molar-refractivity contribution in [2.24, 2.45) is 0 Å². The molecule has 1 aromatic carbocycles. The van der Waals surface area contributed by atoms with Gasteiger partial charge in [-0.05, 0) is 12.1 Å². The van der Waals surface area contributed by atoms with Gasteiger partial charge in [0.15, 0.2) is 0 Å². The van der Waals surface area contributed by atoms with E-state index in [1.807, 2.05) is 18.2 Å². The Morgan fingerprint density at radius 2 is 1.88 bits per heavy atom. The maximum atomic E-state index is 10.7. The van der Waals surface area contributed by atoms with Gasteiger partial charge < -0.3 is 4.74 Å². The number of benzene rings is 1. The summed E-state index contributed by atoms with van der Waals surface area (Å²) < 4.78 is 31.2. The van der Waals surface area contributed by atoms with Crippen LogP contribution in [0.15, 0.2) is 30.3 Å². The van der Waals surface area contributed by atoms with E-state index in [1.54, 1.807) is 12.1 Å². The second-order valence-corrected chi connectivity index (χ2v) is 5.47. The Labute approximate surface area is 100 Å². The lowest BCUT2D eigenvalue weighted by Crippen LogP contribution is -2.20. The van der Waals surface area contributed by atoms with Gasteiger partial charge in [-0.15, -0.1) is 11.6 Å². The van der Waals surface area contributed by atoms with Crippen LogP contribution in [0.2, 0.25) is 0 Å². The predicted octanol–water partition coefficient (Wildman–Crippen LogP) is 1.65. The predicted molar refractivity (Wildman–Crippen MR) is 62.4 cm³/mol. The molecule has 1 atom stereocenters.